The van der Waals surface area contributed by atoms with Crippen LogP contribution in [0.25, 0.3) is 10.9 Å². The first-order valence-corrected chi connectivity index (χ1v) is 12.5. The molecule has 0 unspecified atom stereocenters. The Balaban J connectivity index is 0.000000375. The average Bonchev–Trinajstić information content (AvgIpc) is 2.94. The van der Waals surface area contributed by atoms with Crippen LogP contribution in [0.5, 0.6) is 5.75 Å². The third-order valence-corrected chi connectivity index (χ3v) is 5.70. The van der Waals surface area contributed by atoms with Gasteiger partial charge in [-0.05, 0) is 48.5 Å². The molecule has 0 fully saturated rings. The van der Waals surface area contributed by atoms with Crippen molar-refractivity contribution in [2.45, 2.75) is 19.1 Å². The predicted octanol–water partition coefficient (Wildman–Crippen LogP) is 4.62. The van der Waals surface area contributed by atoms with Gasteiger partial charge in [0.1, 0.15) is 12.4 Å². The number of benzene rings is 3. The number of aromatic nitrogens is 1. The summed E-state index contributed by atoms with van der Waals surface area (Å²) in [7, 11) is 0. The number of para-hydroxylation sites is 2. The van der Waals surface area contributed by atoms with E-state index in [1.165, 1.54) is 0 Å². The number of aliphatic carboxylic acids is 1. The van der Waals surface area contributed by atoms with E-state index in [0.717, 1.165) is 35.0 Å². The van der Waals surface area contributed by atoms with Crippen molar-refractivity contribution in [3.8, 4) is 5.75 Å². The van der Waals surface area contributed by atoms with Gasteiger partial charge in [0.25, 0.3) is 5.97 Å². The van der Waals surface area contributed by atoms with Crippen molar-refractivity contribution >= 4 is 51.4 Å². The highest BCUT2D eigenvalue weighted by Gasteiger charge is 2.20. The minimum Gasteiger partial charge on any atom is -0.487 e. The molecule has 0 amide bonds. The van der Waals surface area contributed by atoms with Crippen molar-refractivity contribution < 1.29 is 30.0 Å². The lowest BCUT2D eigenvalue weighted by Gasteiger charge is -2.20. The number of hydrogen-bond acceptors (Lipinski definition) is 8. The van der Waals surface area contributed by atoms with Gasteiger partial charge >= 0.3 is 0 Å². The molecule has 39 heavy (non-hydrogen) atoms. The molecule has 1 aromatic heterocycles. The number of nitrogens with one attached hydrogen (secondary N) is 1. The number of rotatable bonds is 8. The predicted molar refractivity (Wildman–Crippen MR) is 154 cm³/mol. The highest BCUT2D eigenvalue weighted by molar-refractivity contribution is 6.39. The molecule has 0 aliphatic carbocycles. The van der Waals surface area contributed by atoms with E-state index in [0.29, 0.717) is 22.3 Å². The van der Waals surface area contributed by atoms with Crippen LogP contribution in [0.1, 0.15) is 12.6 Å². The van der Waals surface area contributed by atoms with Crippen LogP contribution in [0.4, 0.5) is 11.4 Å². The number of ether oxygens (including phenoxy) is 1. The molecule has 11 heteroatoms. The Hall–Kier alpha value is -3.44. The average molecular weight is 576 g/mol. The summed E-state index contributed by atoms with van der Waals surface area (Å²) < 4.78 is 5.85. The van der Waals surface area contributed by atoms with Gasteiger partial charge in [0.05, 0.1) is 52.3 Å². The van der Waals surface area contributed by atoms with Gasteiger partial charge < -0.3 is 36.2 Å². The molecule has 0 saturated carbocycles. The Morgan fingerprint density at radius 3 is 2.00 bits per heavy atom. The van der Waals surface area contributed by atoms with E-state index < -0.39 is 31.3 Å². The molecule has 0 spiro atoms. The van der Waals surface area contributed by atoms with Crippen molar-refractivity contribution in [1.29, 1.82) is 0 Å². The molecule has 4 rings (SSSR count). The molecule has 0 bridgehead atoms. The summed E-state index contributed by atoms with van der Waals surface area (Å²) in [4.78, 5) is 13.6. The molecular weight excluding hydrogens is 545 g/mol. The van der Waals surface area contributed by atoms with Gasteiger partial charge in [0.15, 0.2) is 0 Å². The smallest absolute Gasteiger partial charge is 0.300 e. The van der Waals surface area contributed by atoms with E-state index in [2.05, 4.69) is 16.4 Å². The van der Waals surface area contributed by atoms with Crippen LogP contribution in [0.3, 0.4) is 0 Å². The lowest BCUT2D eigenvalue weighted by molar-refractivity contribution is -0.134. The van der Waals surface area contributed by atoms with E-state index in [-0.39, 0.29) is 0 Å². The molecule has 208 valence electrons. The Morgan fingerprint density at radius 1 is 0.897 bits per heavy atom. The van der Waals surface area contributed by atoms with E-state index in [1.54, 1.807) is 12.1 Å². The maximum absolute atomic E-state index is 9.00. The number of carbonyl (C=O) groups is 1. The minimum atomic E-state index is -1.21. The van der Waals surface area contributed by atoms with Crippen molar-refractivity contribution in [2.75, 3.05) is 25.1 Å². The monoisotopic (exact) mass is 575 g/mol. The number of aliphatic hydroxyl groups is 3. The quantitative estimate of drug-likeness (QED) is 0.176. The van der Waals surface area contributed by atoms with Gasteiger partial charge in [-0.3, -0.25) is 4.79 Å². The highest BCUT2D eigenvalue weighted by atomic mass is 35.5. The Labute approximate surface area is 236 Å². The number of nitrogens with two attached hydrogens (primary N) is 1. The van der Waals surface area contributed by atoms with Gasteiger partial charge in [-0.1, -0.05) is 53.5 Å². The Morgan fingerprint density at radius 2 is 1.46 bits per heavy atom. The Bertz CT molecular complexity index is 1300. The number of pyridine rings is 1. The van der Waals surface area contributed by atoms with Crippen LogP contribution in [-0.2, 0) is 11.4 Å². The van der Waals surface area contributed by atoms with Crippen molar-refractivity contribution in [2.24, 2.45) is 5.73 Å². The largest absolute Gasteiger partial charge is 0.487 e. The first kappa shape index (κ1) is 31.8. The van der Waals surface area contributed by atoms with Gasteiger partial charge in [-0.25, -0.2) is 4.98 Å². The van der Waals surface area contributed by atoms with Crippen molar-refractivity contribution in [1.82, 2.24) is 4.98 Å². The van der Waals surface area contributed by atoms with E-state index in [1.807, 2.05) is 60.7 Å². The second-order valence-corrected chi connectivity index (χ2v) is 9.20. The molecular formula is C28H31Cl2N3O6. The van der Waals surface area contributed by atoms with Gasteiger partial charge in [-0.15, -0.1) is 0 Å². The van der Waals surface area contributed by atoms with Crippen molar-refractivity contribution in [3.05, 3.63) is 94.6 Å². The lowest BCUT2D eigenvalue weighted by atomic mass is 10.1. The molecule has 0 aliphatic heterocycles. The number of anilines is 2. The van der Waals surface area contributed by atoms with Crippen LogP contribution in [0.15, 0.2) is 78.9 Å². The normalized spacial score (nSPS) is 10.5. The first-order valence-electron chi connectivity index (χ1n) is 11.7. The zero-order chi connectivity index (χ0) is 28.8. The number of nitrogens with zero attached hydrogens (tertiary/aromatic N) is 1. The first-order chi connectivity index (χ1) is 18.6. The lowest BCUT2D eigenvalue weighted by Crippen LogP contribution is -2.50. The van der Waals surface area contributed by atoms with Gasteiger partial charge in [0, 0.05) is 18.0 Å². The highest BCUT2D eigenvalue weighted by Crippen LogP contribution is 2.33. The Kier molecular flexibility index (Phi) is 12.9. The number of carboxylic acid groups (broad SMARTS) is 1. The van der Waals surface area contributed by atoms with E-state index in [9.17, 15) is 0 Å². The topological polar surface area (TPSA) is 158 Å². The van der Waals surface area contributed by atoms with E-state index in [4.69, 9.17) is 58.9 Å². The molecule has 4 aromatic rings. The molecule has 9 nitrogen and oxygen atoms in total. The summed E-state index contributed by atoms with van der Waals surface area (Å²) in [5.74, 6) is -0.0687. The van der Waals surface area contributed by atoms with Gasteiger partial charge in [0.2, 0.25) is 0 Å². The maximum atomic E-state index is 9.00. The van der Waals surface area contributed by atoms with Crippen LogP contribution >= 0.6 is 23.2 Å². The zero-order valence-electron chi connectivity index (χ0n) is 21.2. The number of carboxylic acids is 1. The van der Waals surface area contributed by atoms with E-state index >= 15 is 0 Å². The van der Waals surface area contributed by atoms with Crippen LogP contribution in [0.2, 0.25) is 10.0 Å². The fraction of sp³-hybridized carbons (Fsp3) is 0.214. The fourth-order valence-corrected chi connectivity index (χ4v) is 3.38. The fourth-order valence-electron chi connectivity index (χ4n) is 2.89. The maximum Gasteiger partial charge on any atom is 0.300 e. The van der Waals surface area contributed by atoms with Crippen molar-refractivity contribution in [3.63, 3.8) is 0 Å². The molecule has 0 radical (unpaired) electrons. The standard InChI is InChI=1S/C22H16Cl2N2O.C4H11NO3.C2H4O2/c23-19-5-3-6-20(24)22(19)26-16-10-12-18(13-11-16)27-14-17-9-8-15-4-1-2-7-21(15)25-17;5-4(1-6,2-7)3-8;1-2(3)4/h1-13,26H,14H2;6-8H,1-3,5H2;1H3,(H,3,4). The molecule has 0 saturated heterocycles. The third kappa shape index (κ3) is 10.7. The zero-order valence-corrected chi connectivity index (χ0v) is 22.7. The third-order valence-electron chi connectivity index (χ3n) is 5.07. The number of hydrogen-bond donors (Lipinski definition) is 6. The summed E-state index contributed by atoms with van der Waals surface area (Å²) in [6.45, 7) is 0.286. The molecule has 0 aliphatic rings. The second kappa shape index (κ2) is 15.8. The molecule has 0 atom stereocenters. The summed E-state index contributed by atoms with van der Waals surface area (Å²) in [6, 6.07) is 25.1. The summed E-state index contributed by atoms with van der Waals surface area (Å²) in [5.41, 5.74) is 7.36. The number of aliphatic hydroxyl groups excluding tert-OH is 3. The molecule has 7 N–H and O–H groups in total. The summed E-state index contributed by atoms with van der Waals surface area (Å²) in [5, 5.41) is 37.9. The molecule has 3 aromatic carbocycles. The van der Waals surface area contributed by atoms with Crippen LogP contribution in [-0.4, -0.2) is 56.7 Å². The number of halogens is 2. The SMILES string of the molecule is CC(=O)O.Clc1cccc(Cl)c1Nc1ccc(OCc2ccc3ccccc3n2)cc1.NC(CO)(CO)CO. The second-order valence-electron chi connectivity index (χ2n) is 8.39. The van der Waals surface area contributed by atoms with Gasteiger partial charge in [-0.2, -0.15) is 0 Å². The van der Waals surface area contributed by atoms with Crippen LogP contribution < -0.4 is 15.8 Å². The summed E-state index contributed by atoms with van der Waals surface area (Å²) >= 11 is 12.4. The van der Waals surface area contributed by atoms with Crippen LogP contribution in [0, 0.1) is 0 Å². The minimum absolute atomic E-state index is 0.403. The summed E-state index contributed by atoms with van der Waals surface area (Å²) in [6.07, 6.45) is 0. The number of fused-ring (bicyclic) bond motifs is 1. The molecule has 1 heterocycles.